The van der Waals surface area contributed by atoms with Crippen LogP contribution in [-0.2, 0) is 16.0 Å². The average Bonchev–Trinajstić information content (AvgIpc) is 2.81. The number of carbonyl (C=O) groups excluding carboxylic acids is 2. The Morgan fingerprint density at radius 2 is 1.66 bits per heavy atom. The third-order valence-electron chi connectivity index (χ3n) is 5.26. The van der Waals surface area contributed by atoms with Crippen molar-refractivity contribution in [3.8, 4) is 11.5 Å². The highest BCUT2D eigenvalue weighted by Gasteiger charge is 2.26. The van der Waals surface area contributed by atoms with Crippen molar-refractivity contribution in [2.45, 2.75) is 20.3 Å². The number of para-hydroxylation sites is 1. The van der Waals surface area contributed by atoms with E-state index in [2.05, 4.69) is 5.32 Å². The topological polar surface area (TPSA) is 71.1 Å². The number of amides is 2. The Morgan fingerprint density at radius 1 is 0.969 bits per heavy atom. The van der Waals surface area contributed by atoms with Crippen molar-refractivity contribution < 1.29 is 23.5 Å². The second kappa shape index (κ2) is 11.4. The van der Waals surface area contributed by atoms with E-state index < -0.39 is 11.8 Å². The van der Waals surface area contributed by atoms with Gasteiger partial charge in [0.2, 0.25) is 0 Å². The van der Waals surface area contributed by atoms with Crippen molar-refractivity contribution in [2.24, 2.45) is 0 Å². The van der Waals surface area contributed by atoms with Gasteiger partial charge >= 0.3 is 11.8 Å². The van der Waals surface area contributed by atoms with Gasteiger partial charge in [-0.3, -0.25) is 9.59 Å². The van der Waals surface area contributed by atoms with E-state index in [9.17, 15) is 14.0 Å². The second-order valence-electron chi connectivity index (χ2n) is 7.38. The summed E-state index contributed by atoms with van der Waals surface area (Å²) in [5.74, 6) is -0.110. The summed E-state index contributed by atoms with van der Waals surface area (Å²) in [6, 6.07) is 12.2. The molecule has 0 atom stereocenters. The van der Waals surface area contributed by atoms with Crippen molar-refractivity contribution in [3.05, 3.63) is 53.8 Å². The second-order valence-corrected chi connectivity index (χ2v) is 7.38. The SMILES string of the molecule is CCOc1ccc(CCNC(=O)C(=O)N2CCN(c3ccccc3F)CC2)cc1OCC. The van der Waals surface area contributed by atoms with Crippen molar-refractivity contribution in [3.63, 3.8) is 0 Å². The van der Waals surface area contributed by atoms with Crippen molar-refractivity contribution >= 4 is 17.5 Å². The summed E-state index contributed by atoms with van der Waals surface area (Å²) in [4.78, 5) is 28.2. The molecule has 0 bridgehead atoms. The zero-order valence-electron chi connectivity index (χ0n) is 18.6. The Bertz CT molecular complexity index is 929. The molecule has 0 spiro atoms. The molecule has 2 aromatic rings. The van der Waals surface area contributed by atoms with Crippen LogP contribution in [0.4, 0.5) is 10.1 Å². The van der Waals surface area contributed by atoms with Gasteiger partial charge in [0.05, 0.1) is 18.9 Å². The first-order valence-electron chi connectivity index (χ1n) is 11.0. The third-order valence-corrected chi connectivity index (χ3v) is 5.26. The van der Waals surface area contributed by atoms with Gasteiger partial charge in [0.1, 0.15) is 5.82 Å². The Labute approximate surface area is 188 Å². The average molecular weight is 444 g/mol. The fourth-order valence-electron chi connectivity index (χ4n) is 3.65. The predicted octanol–water partition coefficient (Wildman–Crippen LogP) is 2.63. The van der Waals surface area contributed by atoms with Gasteiger partial charge in [-0.2, -0.15) is 0 Å². The van der Waals surface area contributed by atoms with Crippen LogP contribution in [0.3, 0.4) is 0 Å². The first-order valence-corrected chi connectivity index (χ1v) is 11.0. The fraction of sp³-hybridized carbons (Fsp3) is 0.417. The van der Waals surface area contributed by atoms with Crippen LogP contribution in [-0.4, -0.2) is 62.7 Å². The van der Waals surface area contributed by atoms with Crippen LogP contribution in [0.25, 0.3) is 0 Å². The number of nitrogens with zero attached hydrogens (tertiary/aromatic N) is 2. The van der Waals surface area contributed by atoms with Gasteiger partial charge in [0, 0.05) is 32.7 Å². The molecule has 3 rings (SSSR count). The molecule has 8 heteroatoms. The molecule has 32 heavy (non-hydrogen) atoms. The Balaban J connectivity index is 1.47. The molecular weight excluding hydrogens is 413 g/mol. The maximum Gasteiger partial charge on any atom is 0.312 e. The molecule has 2 amide bonds. The summed E-state index contributed by atoms with van der Waals surface area (Å²) < 4.78 is 25.1. The van der Waals surface area contributed by atoms with E-state index in [-0.39, 0.29) is 5.82 Å². The van der Waals surface area contributed by atoms with Gasteiger partial charge in [-0.1, -0.05) is 18.2 Å². The summed E-state index contributed by atoms with van der Waals surface area (Å²) in [6.45, 7) is 6.93. The van der Waals surface area contributed by atoms with E-state index in [4.69, 9.17) is 9.47 Å². The number of rotatable bonds is 8. The van der Waals surface area contributed by atoms with Crippen LogP contribution in [0.2, 0.25) is 0 Å². The molecule has 1 heterocycles. The minimum absolute atomic E-state index is 0.285. The van der Waals surface area contributed by atoms with Crippen LogP contribution >= 0.6 is 0 Å². The van der Waals surface area contributed by atoms with Gasteiger partial charge in [-0.05, 0) is 50.1 Å². The number of carbonyl (C=O) groups is 2. The summed E-state index contributed by atoms with van der Waals surface area (Å²) in [5.41, 5.74) is 1.49. The largest absolute Gasteiger partial charge is 0.490 e. The van der Waals surface area contributed by atoms with Crippen LogP contribution in [0.1, 0.15) is 19.4 Å². The number of halogens is 1. The molecule has 0 unspecified atom stereocenters. The maximum absolute atomic E-state index is 14.0. The normalized spacial score (nSPS) is 13.6. The molecule has 0 aromatic heterocycles. The smallest absolute Gasteiger partial charge is 0.312 e. The van der Waals surface area contributed by atoms with E-state index in [0.717, 1.165) is 5.56 Å². The third kappa shape index (κ3) is 5.90. The number of nitrogens with one attached hydrogen (secondary N) is 1. The summed E-state index contributed by atoms with van der Waals surface area (Å²) in [5, 5.41) is 2.70. The predicted molar refractivity (Wildman–Crippen MR) is 121 cm³/mol. The Kier molecular flexibility index (Phi) is 8.30. The van der Waals surface area contributed by atoms with Crippen molar-refractivity contribution in [1.82, 2.24) is 10.2 Å². The monoisotopic (exact) mass is 443 g/mol. The van der Waals surface area contributed by atoms with Crippen molar-refractivity contribution in [1.29, 1.82) is 0 Å². The molecule has 172 valence electrons. The molecule has 7 nitrogen and oxygen atoms in total. The van der Waals surface area contributed by atoms with E-state index in [0.29, 0.717) is 69.5 Å². The number of anilines is 1. The summed E-state index contributed by atoms with van der Waals surface area (Å²) in [6.07, 6.45) is 0.562. The van der Waals surface area contributed by atoms with E-state index in [1.54, 1.807) is 18.2 Å². The van der Waals surface area contributed by atoms with E-state index in [1.165, 1.54) is 11.0 Å². The minimum atomic E-state index is -0.625. The first kappa shape index (κ1) is 23.4. The molecule has 0 aliphatic carbocycles. The lowest BCUT2D eigenvalue weighted by atomic mass is 10.1. The van der Waals surface area contributed by atoms with Gasteiger partial charge < -0.3 is 24.6 Å². The maximum atomic E-state index is 14.0. The van der Waals surface area contributed by atoms with E-state index >= 15 is 0 Å². The highest BCUT2D eigenvalue weighted by atomic mass is 19.1. The molecule has 1 N–H and O–H groups in total. The molecule has 0 radical (unpaired) electrons. The number of ether oxygens (including phenoxy) is 2. The molecule has 1 fully saturated rings. The Hall–Kier alpha value is -3.29. The molecular formula is C24H30FN3O4. The minimum Gasteiger partial charge on any atom is -0.490 e. The fourth-order valence-corrected chi connectivity index (χ4v) is 3.65. The molecule has 1 saturated heterocycles. The number of piperazine rings is 1. The summed E-state index contributed by atoms with van der Waals surface area (Å²) in [7, 11) is 0. The number of hydrogen-bond donors (Lipinski definition) is 1. The molecule has 2 aromatic carbocycles. The van der Waals surface area contributed by atoms with Crippen LogP contribution in [0.15, 0.2) is 42.5 Å². The summed E-state index contributed by atoms with van der Waals surface area (Å²) >= 11 is 0. The van der Waals surface area contributed by atoms with Gasteiger partial charge in [-0.15, -0.1) is 0 Å². The lowest BCUT2D eigenvalue weighted by Crippen LogP contribution is -2.53. The van der Waals surface area contributed by atoms with Crippen LogP contribution < -0.4 is 19.7 Å². The quantitative estimate of drug-likeness (QED) is 0.635. The van der Waals surface area contributed by atoms with Gasteiger partial charge in [0.15, 0.2) is 11.5 Å². The molecule has 0 saturated carbocycles. The number of hydrogen-bond acceptors (Lipinski definition) is 5. The van der Waals surface area contributed by atoms with Crippen molar-refractivity contribution in [2.75, 3.05) is 50.8 Å². The lowest BCUT2D eigenvalue weighted by Gasteiger charge is -2.35. The zero-order valence-corrected chi connectivity index (χ0v) is 18.6. The Morgan fingerprint density at radius 3 is 2.34 bits per heavy atom. The lowest BCUT2D eigenvalue weighted by molar-refractivity contribution is -0.146. The van der Waals surface area contributed by atoms with Crippen LogP contribution in [0.5, 0.6) is 11.5 Å². The molecule has 1 aliphatic rings. The first-order chi connectivity index (χ1) is 15.5. The highest BCUT2D eigenvalue weighted by Crippen LogP contribution is 2.28. The highest BCUT2D eigenvalue weighted by molar-refractivity contribution is 6.35. The standard InChI is InChI=1S/C24H30FN3O4/c1-3-31-21-10-9-18(17-22(21)32-4-2)11-12-26-23(29)24(30)28-15-13-27(14-16-28)20-8-6-5-7-19(20)25/h5-10,17H,3-4,11-16H2,1-2H3,(H,26,29). The number of benzene rings is 2. The van der Waals surface area contributed by atoms with Gasteiger partial charge in [-0.25, -0.2) is 4.39 Å². The van der Waals surface area contributed by atoms with Gasteiger partial charge in [0.25, 0.3) is 0 Å². The zero-order chi connectivity index (χ0) is 22.9. The van der Waals surface area contributed by atoms with Crippen LogP contribution in [0, 0.1) is 5.82 Å². The molecule has 1 aliphatic heterocycles. The van der Waals surface area contributed by atoms with E-state index in [1.807, 2.05) is 36.9 Å².